The Hall–Kier alpha value is -3.39. The van der Waals surface area contributed by atoms with Crippen LogP contribution in [0.15, 0.2) is 70.6 Å². The zero-order valence-electron chi connectivity index (χ0n) is 14.8. The lowest BCUT2D eigenvalue weighted by Crippen LogP contribution is -2.19. The summed E-state index contributed by atoms with van der Waals surface area (Å²) in [5.41, 5.74) is 4.49. The molecule has 28 heavy (non-hydrogen) atoms. The summed E-state index contributed by atoms with van der Waals surface area (Å²) in [7, 11) is 0. The maximum atomic E-state index is 12.4. The first kappa shape index (κ1) is 19.4. The molecule has 1 heterocycles. The normalized spacial score (nSPS) is 10.6. The van der Waals surface area contributed by atoms with E-state index < -0.39 is 11.9 Å². The number of esters is 1. The monoisotopic (exact) mass is 438 g/mol. The van der Waals surface area contributed by atoms with Crippen LogP contribution in [0.4, 0.5) is 0 Å². The molecule has 1 aromatic heterocycles. The predicted molar refractivity (Wildman–Crippen MR) is 107 cm³/mol. The van der Waals surface area contributed by atoms with Gasteiger partial charge in [-0.3, -0.25) is 9.78 Å². The van der Waals surface area contributed by atoms with Crippen LogP contribution < -0.4 is 10.2 Å². The van der Waals surface area contributed by atoms with Gasteiger partial charge in [-0.05, 0) is 37.3 Å². The highest BCUT2D eigenvalue weighted by Crippen LogP contribution is 2.23. The molecule has 2 aromatic carbocycles. The minimum Gasteiger partial charge on any atom is -0.422 e. The topological polar surface area (TPSA) is 93.5 Å². The van der Waals surface area contributed by atoms with Gasteiger partial charge in [-0.15, -0.1) is 0 Å². The first-order chi connectivity index (χ1) is 13.5. The Morgan fingerprint density at radius 3 is 2.64 bits per heavy atom. The van der Waals surface area contributed by atoms with Gasteiger partial charge in [0.2, 0.25) is 0 Å². The van der Waals surface area contributed by atoms with Crippen LogP contribution in [0, 0.1) is 6.92 Å². The summed E-state index contributed by atoms with van der Waals surface area (Å²) in [6.45, 7) is 1.94. The minimum absolute atomic E-state index is 0.139. The third-order valence-electron chi connectivity index (χ3n) is 3.63. The van der Waals surface area contributed by atoms with Gasteiger partial charge in [-0.1, -0.05) is 33.6 Å². The molecule has 7 nitrogen and oxygen atoms in total. The number of carbonyl (C=O) groups is 2. The van der Waals surface area contributed by atoms with Crippen molar-refractivity contribution in [1.29, 1.82) is 0 Å². The fourth-order valence-corrected chi connectivity index (χ4v) is 2.57. The number of nitrogens with zero attached hydrogens (tertiary/aromatic N) is 3. The largest absolute Gasteiger partial charge is 0.422 e. The van der Waals surface area contributed by atoms with Gasteiger partial charge in [0.05, 0.1) is 18.0 Å². The number of rotatable bonds is 5. The Morgan fingerprint density at radius 1 is 1.14 bits per heavy atom. The lowest BCUT2D eigenvalue weighted by molar-refractivity contribution is 0.0734. The van der Waals surface area contributed by atoms with Crippen LogP contribution in [-0.2, 0) is 0 Å². The molecule has 0 bridgehead atoms. The quantitative estimate of drug-likeness (QED) is 0.284. The fourth-order valence-electron chi connectivity index (χ4n) is 2.20. The summed E-state index contributed by atoms with van der Waals surface area (Å²) >= 11 is 3.37. The third-order valence-corrected chi connectivity index (χ3v) is 4.12. The number of hydrogen-bond acceptors (Lipinski definition) is 6. The molecule has 0 unspecified atom stereocenters. The number of nitrogens with one attached hydrogen (secondary N) is 1. The lowest BCUT2D eigenvalue weighted by Gasteiger charge is -2.08. The summed E-state index contributed by atoms with van der Waals surface area (Å²) < 4.78 is 6.25. The number of benzene rings is 2. The van der Waals surface area contributed by atoms with Crippen LogP contribution in [0.2, 0.25) is 0 Å². The molecule has 3 rings (SSSR count). The lowest BCUT2D eigenvalue weighted by atomic mass is 10.1. The van der Waals surface area contributed by atoms with Gasteiger partial charge < -0.3 is 4.74 Å². The highest BCUT2D eigenvalue weighted by Gasteiger charge is 2.12. The average Bonchev–Trinajstić information content (AvgIpc) is 2.71. The SMILES string of the molecule is Cc1ccc(C(=O)Oc2ccc(Br)cc2/C=N\NC(=O)c2cnccn2)cc1. The number of amides is 1. The standard InChI is InChI=1S/C20H15BrN4O3/c1-13-2-4-14(5-3-13)20(27)28-18-7-6-16(21)10-15(18)11-24-25-19(26)17-12-22-8-9-23-17/h2-12H,1H3,(H,25,26)/b24-11-. The van der Waals surface area contributed by atoms with Crippen LogP contribution >= 0.6 is 15.9 Å². The molecular weight excluding hydrogens is 424 g/mol. The maximum Gasteiger partial charge on any atom is 0.343 e. The molecule has 1 N–H and O–H groups in total. The third kappa shape index (κ3) is 5.08. The summed E-state index contributed by atoms with van der Waals surface area (Å²) in [6, 6.07) is 12.2. The van der Waals surface area contributed by atoms with Gasteiger partial charge in [0.25, 0.3) is 5.91 Å². The Balaban J connectivity index is 1.74. The van der Waals surface area contributed by atoms with Crippen LogP contribution in [-0.4, -0.2) is 28.1 Å². The van der Waals surface area contributed by atoms with E-state index >= 15 is 0 Å². The Bertz CT molecular complexity index is 1020. The number of halogens is 1. The molecule has 3 aromatic rings. The Kier molecular flexibility index (Phi) is 6.23. The van der Waals surface area contributed by atoms with Crippen molar-refractivity contribution in [3.8, 4) is 5.75 Å². The summed E-state index contributed by atoms with van der Waals surface area (Å²) in [5.74, 6) is -0.676. The molecule has 0 radical (unpaired) electrons. The van der Waals surface area contributed by atoms with E-state index in [0.29, 0.717) is 16.9 Å². The summed E-state index contributed by atoms with van der Waals surface area (Å²) in [5, 5.41) is 3.91. The van der Waals surface area contributed by atoms with Gasteiger partial charge in [0, 0.05) is 22.4 Å². The highest BCUT2D eigenvalue weighted by molar-refractivity contribution is 9.10. The Morgan fingerprint density at radius 2 is 1.93 bits per heavy atom. The van der Waals surface area contributed by atoms with Crippen molar-refractivity contribution in [2.45, 2.75) is 6.92 Å². The maximum absolute atomic E-state index is 12.4. The van der Waals surface area contributed by atoms with Crippen molar-refractivity contribution < 1.29 is 14.3 Å². The van der Waals surface area contributed by atoms with Crippen molar-refractivity contribution in [2.75, 3.05) is 0 Å². The van der Waals surface area contributed by atoms with Gasteiger partial charge >= 0.3 is 5.97 Å². The van der Waals surface area contributed by atoms with E-state index in [9.17, 15) is 9.59 Å². The number of hydrazone groups is 1. The molecule has 0 spiro atoms. The van der Waals surface area contributed by atoms with Gasteiger partial charge in [0.15, 0.2) is 0 Å². The smallest absolute Gasteiger partial charge is 0.343 e. The van der Waals surface area contributed by atoms with Gasteiger partial charge in [-0.2, -0.15) is 5.10 Å². The van der Waals surface area contributed by atoms with Crippen LogP contribution in [0.3, 0.4) is 0 Å². The first-order valence-corrected chi connectivity index (χ1v) is 9.00. The van der Waals surface area contributed by atoms with E-state index in [1.54, 1.807) is 30.3 Å². The van der Waals surface area contributed by atoms with Crippen molar-refractivity contribution >= 4 is 34.0 Å². The molecule has 0 aliphatic rings. The molecule has 0 atom stereocenters. The molecule has 8 heteroatoms. The molecular formula is C20H15BrN4O3. The molecule has 140 valence electrons. The molecule has 0 saturated carbocycles. The van der Waals surface area contributed by atoms with Crippen molar-refractivity contribution in [3.05, 3.63) is 87.9 Å². The van der Waals surface area contributed by atoms with Crippen molar-refractivity contribution in [2.24, 2.45) is 5.10 Å². The fraction of sp³-hybridized carbons (Fsp3) is 0.0500. The molecule has 0 aliphatic carbocycles. The van der Waals surface area contributed by atoms with E-state index in [2.05, 4.69) is 36.4 Å². The van der Waals surface area contributed by atoms with E-state index in [1.165, 1.54) is 24.8 Å². The second-order valence-electron chi connectivity index (χ2n) is 5.73. The second kappa shape index (κ2) is 9.01. The van der Waals surface area contributed by atoms with E-state index in [0.717, 1.165) is 10.0 Å². The number of aromatic nitrogens is 2. The van der Waals surface area contributed by atoms with Crippen LogP contribution in [0.1, 0.15) is 32.0 Å². The number of aryl methyl sites for hydroxylation is 1. The van der Waals surface area contributed by atoms with Crippen molar-refractivity contribution in [3.63, 3.8) is 0 Å². The van der Waals surface area contributed by atoms with E-state index in [1.807, 2.05) is 19.1 Å². The summed E-state index contributed by atoms with van der Waals surface area (Å²) in [4.78, 5) is 32.0. The van der Waals surface area contributed by atoms with Gasteiger partial charge in [-0.25, -0.2) is 15.2 Å². The zero-order chi connectivity index (χ0) is 19.9. The number of carbonyl (C=O) groups excluding carboxylic acids is 2. The van der Waals surface area contributed by atoms with E-state index in [4.69, 9.17) is 4.74 Å². The van der Waals surface area contributed by atoms with Gasteiger partial charge in [0.1, 0.15) is 11.4 Å². The average molecular weight is 439 g/mol. The number of hydrogen-bond donors (Lipinski definition) is 1. The molecule has 0 fully saturated rings. The number of ether oxygens (including phenoxy) is 1. The molecule has 0 saturated heterocycles. The highest BCUT2D eigenvalue weighted by atomic mass is 79.9. The molecule has 1 amide bonds. The van der Waals surface area contributed by atoms with Crippen LogP contribution in [0.5, 0.6) is 5.75 Å². The first-order valence-electron chi connectivity index (χ1n) is 8.21. The minimum atomic E-state index is -0.502. The summed E-state index contributed by atoms with van der Waals surface area (Å²) in [6.07, 6.45) is 5.60. The zero-order valence-corrected chi connectivity index (χ0v) is 16.4. The van der Waals surface area contributed by atoms with Crippen LogP contribution in [0.25, 0.3) is 0 Å². The second-order valence-corrected chi connectivity index (χ2v) is 6.64. The van der Waals surface area contributed by atoms with Crippen molar-refractivity contribution in [1.82, 2.24) is 15.4 Å². The predicted octanol–water partition coefficient (Wildman–Crippen LogP) is 3.53. The van der Waals surface area contributed by atoms with E-state index in [-0.39, 0.29) is 5.69 Å². The Labute approximate surface area is 169 Å². The molecule has 0 aliphatic heterocycles.